The average molecular weight is 154 g/mol. The Bertz CT molecular complexity index is 132. The minimum absolute atomic E-state index is 0.353. The first-order chi connectivity index (χ1) is 4.74. The quantitative estimate of drug-likeness (QED) is 0.423. The zero-order chi connectivity index (χ0) is 8.04. The Hall–Kier alpha value is -0.603. The molecule has 0 amide bonds. The average Bonchev–Trinajstić information content (AvgIpc) is 2.01. The minimum atomic E-state index is -0.353. The van der Waals surface area contributed by atoms with Gasteiger partial charge in [-0.2, -0.15) is 0 Å². The van der Waals surface area contributed by atoms with Crippen molar-refractivity contribution in [3.63, 3.8) is 0 Å². The molecule has 0 atom stereocenters. The standard InChI is InChI=1S/C8H14OSi/c1-4-7-8(5-2,6-3)9-10/h4-6H,1-3,7H2,10H3. The SMILES string of the molecule is C=CCC(C=C)(C=C)O[SiH3]. The molecule has 2 heteroatoms. The lowest BCUT2D eigenvalue weighted by atomic mass is 10.0. The molecule has 0 radical (unpaired) electrons. The lowest BCUT2D eigenvalue weighted by molar-refractivity contribution is 0.194. The predicted molar refractivity (Wildman–Crippen MR) is 49.0 cm³/mol. The predicted octanol–water partition coefficient (Wildman–Crippen LogP) is 0.970. The summed E-state index contributed by atoms with van der Waals surface area (Å²) in [5.41, 5.74) is -0.353. The first kappa shape index (κ1) is 9.40. The third-order valence-corrected chi connectivity index (χ3v) is 2.29. The first-order valence-corrected chi connectivity index (χ1v) is 3.99. The van der Waals surface area contributed by atoms with Crippen molar-refractivity contribution in [2.75, 3.05) is 0 Å². The van der Waals surface area contributed by atoms with E-state index >= 15 is 0 Å². The van der Waals surface area contributed by atoms with Gasteiger partial charge in [0.15, 0.2) is 0 Å². The van der Waals surface area contributed by atoms with Crippen LogP contribution in [0.1, 0.15) is 6.42 Å². The Labute approximate surface area is 65.6 Å². The summed E-state index contributed by atoms with van der Waals surface area (Å²) in [4.78, 5) is 0. The summed E-state index contributed by atoms with van der Waals surface area (Å²) in [6.45, 7) is 11.0. The van der Waals surface area contributed by atoms with Gasteiger partial charge in [0, 0.05) is 6.42 Å². The van der Waals surface area contributed by atoms with Gasteiger partial charge in [-0.25, -0.2) is 0 Å². The van der Waals surface area contributed by atoms with E-state index in [1.54, 1.807) is 18.2 Å². The van der Waals surface area contributed by atoms with Crippen molar-refractivity contribution in [2.24, 2.45) is 0 Å². The summed E-state index contributed by atoms with van der Waals surface area (Å²) in [5, 5.41) is 0. The highest BCUT2D eigenvalue weighted by Crippen LogP contribution is 2.17. The molecule has 0 bridgehead atoms. The van der Waals surface area contributed by atoms with Crippen molar-refractivity contribution in [3.05, 3.63) is 38.0 Å². The number of rotatable bonds is 5. The fourth-order valence-electron chi connectivity index (χ4n) is 0.726. The van der Waals surface area contributed by atoms with Crippen LogP contribution >= 0.6 is 0 Å². The zero-order valence-electron chi connectivity index (χ0n) is 6.47. The van der Waals surface area contributed by atoms with E-state index in [1.807, 2.05) is 0 Å². The Morgan fingerprint density at radius 3 is 1.90 bits per heavy atom. The van der Waals surface area contributed by atoms with Crippen molar-refractivity contribution >= 4 is 10.5 Å². The van der Waals surface area contributed by atoms with E-state index in [0.29, 0.717) is 10.5 Å². The van der Waals surface area contributed by atoms with E-state index in [-0.39, 0.29) is 5.60 Å². The van der Waals surface area contributed by atoms with Crippen LogP contribution in [0.2, 0.25) is 0 Å². The maximum atomic E-state index is 5.31. The number of hydrogen-bond acceptors (Lipinski definition) is 1. The van der Waals surface area contributed by atoms with Crippen LogP contribution in [-0.4, -0.2) is 16.1 Å². The second-order valence-electron chi connectivity index (χ2n) is 2.06. The molecule has 0 aromatic rings. The molecule has 0 saturated carbocycles. The highest BCUT2D eigenvalue weighted by atomic mass is 28.2. The van der Waals surface area contributed by atoms with Crippen LogP contribution in [0.3, 0.4) is 0 Å². The molecule has 0 N–H and O–H groups in total. The zero-order valence-corrected chi connectivity index (χ0v) is 8.47. The van der Waals surface area contributed by atoms with Crippen LogP contribution in [-0.2, 0) is 4.43 Å². The Kier molecular flexibility index (Phi) is 3.99. The van der Waals surface area contributed by atoms with E-state index in [2.05, 4.69) is 19.7 Å². The molecule has 0 heterocycles. The molecular formula is C8H14OSi. The summed E-state index contributed by atoms with van der Waals surface area (Å²) in [6, 6.07) is 0. The maximum absolute atomic E-state index is 5.31. The molecule has 0 rings (SSSR count). The Morgan fingerprint density at radius 1 is 1.30 bits per heavy atom. The molecule has 1 nitrogen and oxygen atoms in total. The fourth-order valence-corrected chi connectivity index (χ4v) is 1.23. The lowest BCUT2D eigenvalue weighted by Crippen LogP contribution is -2.24. The third kappa shape index (κ3) is 1.97. The van der Waals surface area contributed by atoms with E-state index in [4.69, 9.17) is 4.43 Å². The molecule has 0 fully saturated rings. The van der Waals surface area contributed by atoms with E-state index < -0.39 is 0 Å². The monoisotopic (exact) mass is 154 g/mol. The van der Waals surface area contributed by atoms with Gasteiger partial charge in [-0.3, -0.25) is 0 Å². The van der Waals surface area contributed by atoms with Crippen LogP contribution in [0, 0.1) is 0 Å². The molecule has 0 aliphatic rings. The van der Waals surface area contributed by atoms with Gasteiger partial charge in [0.1, 0.15) is 10.5 Å². The molecule has 0 unspecified atom stereocenters. The maximum Gasteiger partial charge on any atom is 0.147 e. The highest BCUT2D eigenvalue weighted by Gasteiger charge is 2.17. The second kappa shape index (κ2) is 4.25. The number of hydrogen-bond donors (Lipinski definition) is 0. The van der Waals surface area contributed by atoms with Crippen LogP contribution in [0.4, 0.5) is 0 Å². The minimum Gasteiger partial charge on any atom is -0.415 e. The van der Waals surface area contributed by atoms with Crippen molar-refractivity contribution in [1.29, 1.82) is 0 Å². The smallest absolute Gasteiger partial charge is 0.147 e. The highest BCUT2D eigenvalue weighted by molar-refractivity contribution is 5.98. The molecule has 0 aromatic heterocycles. The van der Waals surface area contributed by atoms with Crippen molar-refractivity contribution in [1.82, 2.24) is 0 Å². The molecule has 0 saturated heterocycles. The molecule has 56 valence electrons. The third-order valence-electron chi connectivity index (χ3n) is 1.53. The van der Waals surface area contributed by atoms with Gasteiger partial charge in [0.2, 0.25) is 0 Å². The summed E-state index contributed by atoms with van der Waals surface area (Å²) in [6.07, 6.45) is 6.08. The summed E-state index contributed by atoms with van der Waals surface area (Å²) >= 11 is 0. The molecule has 0 aliphatic carbocycles. The molecule has 0 aliphatic heterocycles. The summed E-state index contributed by atoms with van der Waals surface area (Å²) < 4.78 is 5.31. The van der Waals surface area contributed by atoms with Crippen LogP contribution in [0.5, 0.6) is 0 Å². The molecule has 0 aromatic carbocycles. The van der Waals surface area contributed by atoms with Crippen molar-refractivity contribution in [2.45, 2.75) is 12.0 Å². The van der Waals surface area contributed by atoms with Gasteiger partial charge in [-0.05, 0) is 0 Å². The van der Waals surface area contributed by atoms with E-state index in [9.17, 15) is 0 Å². The normalized spacial score (nSPS) is 10.8. The topological polar surface area (TPSA) is 9.23 Å². The van der Waals surface area contributed by atoms with E-state index in [1.165, 1.54) is 0 Å². The molecule has 0 spiro atoms. The van der Waals surface area contributed by atoms with Crippen molar-refractivity contribution in [3.8, 4) is 0 Å². The van der Waals surface area contributed by atoms with Gasteiger partial charge in [0.25, 0.3) is 0 Å². The van der Waals surface area contributed by atoms with Gasteiger partial charge in [-0.15, -0.1) is 6.58 Å². The first-order valence-electron chi connectivity index (χ1n) is 3.18. The van der Waals surface area contributed by atoms with Crippen LogP contribution < -0.4 is 0 Å². The van der Waals surface area contributed by atoms with Crippen LogP contribution in [0.25, 0.3) is 0 Å². The molecule has 10 heavy (non-hydrogen) atoms. The summed E-state index contributed by atoms with van der Waals surface area (Å²) in [5.74, 6) is 0. The Morgan fingerprint density at radius 2 is 1.80 bits per heavy atom. The lowest BCUT2D eigenvalue weighted by Gasteiger charge is -2.23. The van der Waals surface area contributed by atoms with Gasteiger partial charge < -0.3 is 4.43 Å². The largest absolute Gasteiger partial charge is 0.415 e. The Balaban J connectivity index is 4.28. The molecular weight excluding hydrogens is 140 g/mol. The van der Waals surface area contributed by atoms with Gasteiger partial charge in [-0.1, -0.05) is 31.4 Å². The van der Waals surface area contributed by atoms with Gasteiger partial charge in [0.05, 0.1) is 5.60 Å². The fraction of sp³-hybridized carbons (Fsp3) is 0.250. The second-order valence-corrected chi connectivity index (χ2v) is 2.47. The summed E-state index contributed by atoms with van der Waals surface area (Å²) in [7, 11) is 0.689. The van der Waals surface area contributed by atoms with Crippen molar-refractivity contribution < 1.29 is 4.43 Å². The van der Waals surface area contributed by atoms with Crippen LogP contribution in [0.15, 0.2) is 38.0 Å². The van der Waals surface area contributed by atoms with Gasteiger partial charge >= 0.3 is 0 Å². The van der Waals surface area contributed by atoms with E-state index in [0.717, 1.165) is 6.42 Å².